The summed E-state index contributed by atoms with van der Waals surface area (Å²) in [6.45, 7) is 1.70. The van der Waals surface area contributed by atoms with Crippen LogP contribution in [0.2, 0.25) is 5.02 Å². The van der Waals surface area contributed by atoms with Crippen molar-refractivity contribution in [3.8, 4) is 11.3 Å². The van der Waals surface area contributed by atoms with Crippen LogP contribution in [0.5, 0.6) is 0 Å². The van der Waals surface area contributed by atoms with E-state index in [0.717, 1.165) is 23.7 Å². The van der Waals surface area contributed by atoms with E-state index in [-0.39, 0.29) is 35.0 Å². The SMILES string of the molecule is CC1CCC2C(=O)N(c3ccc(-c4cc(C(=O)OCC(=O)c5ccc(Br)cc5)c5cc(Cl)ccc5n4)cc3)C(=O)C2C1. The number of carbonyl (C=O) groups excluding carboxylic acids is 4. The van der Waals surface area contributed by atoms with E-state index in [1.54, 1.807) is 72.8 Å². The number of hydrogen-bond donors (Lipinski definition) is 0. The number of ketones is 1. The number of Topliss-reactive ketones (excluding diaryl/α,β-unsaturated/α-hetero) is 1. The number of imide groups is 1. The van der Waals surface area contributed by atoms with Crippen LogP contribution in [0.3, 0.4) is 0 Å². The van der Waals surface area contributed by atoms with Gasteiger partial charge in [-0.15, -0.1) is 0 Å². The van der Waals surface area contributed by atoms with Gasteiger partial charge >= 0.3 is 5.97 Å². The third kappa shape index (κ3) is 5.37. The molecule has 2 aliphatic rings. The zero-order chi connectivity index (χ0) is 29.5. The summed E-state index contributed by atoms with van der Waals surface area (Å²) in [6.07, 6.45) is 2.43. The topological polar surface area (TPSA) is 93.6 Å². The van der Waals surface area contributed by atoms with Crippen molar-refractivity contribution < 1.29 is 23.9 Å². The normalized spacial score (nSPS) is 20.1. The van der Waals surface area contributed by atoms with Crippen molar-refractivity contribution in [2.24, 2.45) is 17.8 Å². The number of fused-ring (bicyclic) bond motifs is 2. The highest BCUT2D eigenvalue weighted by Gasteiger charge is 2.49. The minimum atomic E-state index is -0.682. The lowest BCUT2D eigenvalue weighted by atomic mass is 9.76. The fourth-order valence-electron chi connectivity index (χ4n) is 5.87. The third-order valence-electron chi connectivity index (χ3n) is 8.10. The van der Waals surface area contributed by atoms with Crippen LogP contribution in [0.1, 0.15) is 46.9 Å². The van der Waals surface area contributed by atoms with E-state index < -0.39 is 12.6 Å². The molecule has 42 heavy (non-hydrogen) atoms. The van der Waals surface area contributed by atoms with Gasteiger partial charge < -0.3 is 4.74 Å². The molecule has 0 bridgehead atoms. The molecule has 6 rings (SSSR count). The number of aromatic nitrogens is 1. The molecule has 3 aromatic carbocycles. The van der Waals surface area contributed by atoms with Crippen molar-refractivity contribution >= 4 is 67.7 Å². The predicted molar refractivity (Wildman–Crippen MR) is 163 cm³/mol. The first-order valence-corrected chi connectivity index (χ1v) is 14.9. The lowest BCUT2D eigenvalue weighted by molar-refractivity contribution is -0.122. The molecule has 2 amide bonds. The number of hydrogen-bond acceptors (Lipinski definition) is 6. The van der Waals surface area contributed by atoms with Crippen LogP contribution in [-0.2, 0) is 14.3 Å². The number of amides is 2. The van der Waals surface area contributed by atoms with E-state index in [1.165, 1.54) is 4.90 Å². The number of esters is 1. The summed E-state index contributed by atoms with van der Waals surface area (Å²) in [6, 6.07) is 20.4. The molecule has 2 heterocycles. The van der Waals surface area contributed by atoms with Gasteiger partial charge in [-0.3, -0.25) is 19.3 Å². The molecule has 3 unspecified atom stereocenters. The molecule has 1 aliphatic heterocycles. The van der Waals surface area contributed by atoms with Gasteiger partial charge in [-0.25, -0.2) is 9.78 Å². The van der Waals surface area contributed by atoms with Crippen LogP contribution in [0, 0.1) is 17.8 Å². The highest BCUT2D eigenvalue weighted by molar-refractivity contribution is 9.10. The summed E-state index contributed by atoms with van der Waals surface area (Å²) in [5.74, 6) is -1.34. The number of nitrogens with zero attached hydrogens (tertiary/aromatic N) is 2. The molecule has 0 radical (unpaired) electrons. The molecule has 7 nitrogen and oxygen atoms in total. The largest absolute Gasteiger partial charge is 0.454 e. The van der Waals surface area contributed by atoms with Crippen LogP contribution in [0.4, 0.5) is 5.69 Å². The first-order chi connectivity index (χ1) is 20.2. The van der Waals surface area contributed by atoms with Crippen LogP contribution in [-0.4, -0.2) is 35.2 Å². The Hall–Kier alpha value is -3.88. The standard InChI is InChI=1S/C33H26BrClN2O5/c1-18-2-12-24-26(14-18)32(40)37(31(24)39)23-10-5-19(6-11-23)29-16-27(25-15-22(35)9-13-28(25)36-29)33(41)42-17-30(38)20-3-7-21(34)8-4-20/h3-11,13,15-16,18,24,26H,2,12,14,17H2,1H3. The van der Waals surface area contributed by atoms with Gasteiger partial charge in [0.15, 0.2) is 12.4 Å². The van der Waals surface area contributed by atoms with E-state index in [0.29, 0.717) is 44.4 Å². The number of carbonyl (C=O) groups is 4. The van der Waals surface area contributed by atoms with E-state index in [9.17, 15) is 19.2 Å². The van der Waals surface area contributed by atoms with Crippen LogP contribution in [0.25, 0.3) is 22.2 Å². The van der Waals surface area contributed by atoms with Crippen LogP contribution < -0.4 is 4.90 Å². The second-order valence-corrected chi connectivity index (χ2v) is 12.3. The molecule has 0 N–H and O–H groups in total. The van der Waals surface area contributed by atoms with Gasteiger partial charge in [0, 0.05) is 26.0 Å². The van der Waals surface area contributed by atoms with Gasteiger partial charge in [-0.1, -0.05) is 58.7 Å². The second kappa shape index (κ2) is 11.4. The molecule has 1 aromatic heterocycles. The smallest absolute Gasteiger partial charge is 0.339 e. The van der Waals surface area contributed by atoms with Gasteiger partial charge in [0.05, 0.1) is 34.3 Å². The van der Waals surface area contributed by atoms with Crippen LogP contribution in [0.15, 0.2) is 77.3 Å². The predicted octanol–water partition coefficient (Wildman–Crippen LogP) is 7.28. The molecule has 4 aromatic rings. The number of halogens is 2. The first kappa shape index (κ1) is 28.2. The molecule has 1 saturated heterocycles. The molecule has 9 heteroatoms. The van der Waals surface area contributed by atoms with Gasteiger partial charge in [0.25, 0.3) is 0 Å². The van der Waals surface area contributed by atoms with Gasteiger partial charge in [-0.05, 0) is 73.7 Å². The minimum absolute atomic E-state index is 0.131. The number of anilines is 1. The van der Waals surface area contributed by atoms with Crippen molar-refractivity contribution in [1.82, 2.24) is 4.98 Å². The molecule has 3 atom stereocenters. The highest BCUT2D eigenvalue weighted by Crippen LogP contribution is 2.42. The molecular formula is C33H26BrClN2O5. The second-order valence-electron chi connectivity index (χ2n) is 10.9. The Morgan fingerprint density at radius 2 is 1.67 bits per heavy atom. The number of ether oxygens (including phenoxy) is 1. The summed E-state index contributed by atoms with van der Waals surface area (Å²) in [5.41, 5.74) is 2.86. The summed E-state index contributed by atoms with van der Waals surface area (Å²) < 4.78 is 6.26. The number of rotatable bonds is 6. The van der Waals surface area contributed by atoms with Gasteiger partial charge in [0.2, 0.25) is 11.8 Å². The van der Waals surface area contributed by atoms with E-state index in [1.807, 2.05) is 0 Å². The Kier molecular flexibility index (Phi) is 7.68. The molecular weight excluding hydrogens is 620 g/mol. The maximum absolute atomic E-state index is 13.3. The fraction of sp³-hybridized carbons (Fsp3) is 0.242. The maximum atomic E-state index is 13.3. The lowest BCUT2D eigenvalue weighted by Gasteiger charge is -2.25. The van der Waals surface area contributed by atoms with Crippen molar-refractivity contribution in [2.45, 2.75) is 26.2 Å². The van der Waals surface area contributed by atoms with Gasteiger partial charge in [-0.2, -0.15) is 0 Å². The fourth-order valence-corrected chi connectivity index (χ4v) is 6.30. The Morgan fingerprint density at radius 1 is 0.952 bits per heavy atom. The quantitative estimate of drug-likeness (QED) is 0.124. The number of benzene rings is 3. The monoisotopic (exact) mass is 644 g/mol. The summed E-state index contributed by atoms with van der Waals surface area (Å²) in [7, 11) is 0. The summed E-state index contributed by atoms with van der Waals surface area (Å²) in [4.78, 5) is 58.2. The van der Waals surface area contributed by atoms with Crippen molar-refractivity contribution in [3.05, 3.63) is 93.4 Å². The van der Waals surface area contributed by atoms with Gasteiger partial charge in [0.1, 0.15) is 0 Å². The molecule has 2 fully saturated rings. The zero-order valence-corrected chi connectivity index (χ0v) is 25.0. The van der Waals surface area contributed by atoms with E-state index >= 15 is 0 Å². The number of pyridine rings is 1. The van der Waals surface area contributed by atoms with Crippen molar-refractivity contribution in [1.29, 1.82) is 0 Å². The van der Waals surface area contributed by atoms with E-state index in [4.69, 9.17) is 21.3 Å². The Bertz CT molecular complexity index is 1740. The minimum Gasteiger partial charge on any atom is -0.454 e. The average Bonchev–Trinajstić information content (AvgIpc) is 3.24. The van der Waals surface area contributed by atoms with Crippen molar-refractivity contribution in [3.63, 3.8) is 0 Å². The Labute approximate surface area is 256 Å². The maximum Gasteiger partial charge on any atom is 0.339 e. The molecule has 1 saturated carbocycles. The summed E-state index contributed by atoms with van der Waals surface area (Å²) >= 11 is 9.57. The molecule has 1 aliphatic carbocycles. The highest BCUT2D eigenvalue weighted by atomic mass is 79.9. The third-order valence-corrected chi connectivity index (χ3v) is 8.86. The Balaban J connectivity index is 1.27. The van der Waals surface area contributed by atoms with Crippen molar-refractivity contribution in [2.75, 3.05) is 11.5 Å². The summed E-state index contributed by atoms with van der Waals surface area (Å²) in [5, 5.41) is 0.922. The first-order valence-electron chi connectivity index (χ1n) is 13.7. The molecule has 0 spiro atoms. The lowest BCUT2D eigenvalue weighted by Crippen LogP contribution is -2.30. The zero-order valence-electron chi connectivity index (χ0n) is 22.7. The van der Waals surface area contributed by atoms with Crippen LogP contribution >= 0.6 is 27.5 Å². The molecule has 212 valence electrons. The Morgan fingerprint density at radius 3 is 2.40 bits per heavy atom. The average molecular weight is 646 g/mol. The van der Waals surface area contributed by atoms with E-state index in [2.05, 4.69) is 22.9 Å².